The number of rotatable bonds is 8. The van der Waals surface area contributed by atoms with Crippen molar-refractivity contribution in [2.75, 3.05) is 18.4 Å². The molecule has 0 saturated carbocycles. The van der Waals surface area contributed by atoms with Crippen molar-refractivity contribution in [1.29, 1.82) is 0 Å². The Bertz CT molecular complexity index is 1240. The first kappa shape index (κ1) is 22.2. The molecule has 0 atom stereocenters. The van der Waals surface area contributed by atoms with E-state index in [4.69, 9.17) is 12.2 Å². The van der Waals surface area contributed by atoms with Crippen LogP contribution in [0.25, 0.3) is 11.7 Å². The van der Waals surface area contributed by atoms with E-state index in [1.165, 1.54) is 21.7 Å². The minimum Gasteiger partial charge on any atom is -0.369 e. The molecule has 8 heteroatoms. The number of fused-ring (bicyclic) bond motifs is 1. The fourth-order valence-electron chi connectivity index (χ4n) is 3.52. The van der Waals surface area contributed by atoms with Crippen molar-refractivity contribution in [1.82, 2.24) is 14.3 Å². The molecule has 1 saturated heterocycles. The first-order valence-corrected chi connectivity index (χ1v) is 11.9. The van der Waals surface area contributed by atoms with Gasteiger partial charge in [0.25, 0.3) is 11.5 Å². The van der Waals surface area contributed by atoms with Crippen LogP contribution in [0.15, 0.2) is 64.4 Å². The lowest BCUT2D eigenvalue weighted by Gasteiger charge is -2.14. The van der Waals surface area contributed by atoms with Crippen molar-refractivity contribution in [2.24, 2.45) is 0 Å². The topological polar surface area (TPSA) is 66.7 Å². The second-order valence-electron chi connectivity index (χ2n) is 7.46. The summed E-state index contributed by atoms with van der Waals surface area (Å²) in [5.41, 5.74) is 1.94. The van der Waals surface area contributed by atoms with Gasteiger partial charge in [0, 0.05) is 19.3 Å². The minimum absolute atomic E-state index is 0.160. The molecule has 1 aromatic carbocycles. The highest BCUT2D eigenvalue weighted by Gasteiger charge is 2.32. The van der Waals surface area contributed by atoms with E-state index in [2.05, 4.69) is 22.4 Å². The van der Waals surface area contributed by atoms with Gasteiger partial charge in [-0.3, -0.25) is 18.9 Å². The molecule has 3 aromatic rings. The number of pyridine rings is 1. The Balaban J connectivity index is 1.59. The predicted molar refractivity (Wildman–Crippen MR) is 135 cm³/mol. The maximum atomic E-state index is 13.2. The molecule has 1 aliphatic rings. The Morgan fingerprint density at radius 2 is 1.91 bits per heavy atom. The third kappa shape index (κ3) is 4.76. The largest absolute Gasteiger partial charge is 0.369 e. The molecule has 0 aliphatic carbocycles. The maximum absolute atomic E-state index is 13.2. The van der Waals surface area contributed by atoms with Crippen LogP contribution in [0, 0.1) is 0 Å². The number of nitrogens with zero attached hydrogens (tertiary/aromatic N) is 3. The normalized spacial score (nSPS) is 15.2. The van der Waals surface area contributed by atoms with E-state index in [-0.39, 0.29) is 11.5 Å². The number of carbonyl (C=O) groups excluding carboxylic acids is 1. The molecule has 0 spiro atoms. The number of anilines is 1. The van der Waals surface area contributed by atoms with Gasteiger partial charge in [0.1, 0.15) is 15.8 Å². The molecule has 6 nitrogen and oxygen atoms in total. The van der Waals surface area contributed by atoms with Gasteiger partial charge in [0.2, 0.25) is 0 Å². The second kappa shape index (κ2) is 10.1. The van der Waals surface area contributed by atoms with Gasteiger partial charge in [-0.25, -0.2) is 4.98 Å². The van der Waals surface area contributed by atoms with Crippen LogP contribution in [0.5, 0.6) is 0 Å². The van der Waals surface area contributed by atoms with Crippen LogP contribution in [0.4, 0.5) is 5.82 Å². The van der Waals surface area contributed by atoms with Crippen molar-refractivity contribution >= 4 is 51.7 Å². The average molecular weight is 465 g/mol. The van der Waals surface area contributed by atoms with Crippen LogP contribution >= 0.6 is 24.0 Å². The van der Waals surface area contributed by atoms with Crippen molar-refractivity contribution in [3.63, 3.8) is 0 Å². The quantitative estimate of drug-likeness (QED) is 0.395. The van der Waals surface area contributed by atoms with Gasteiger partial charge < -0.3 is 5.32 Å². The highest BCUT2D eigenvalue weighted by atomic mass is 32.2. The number of thiocarbonyl (C=S) groups is 1. The molecule has 1 aliphatic heterocycles. The minimum atomic E-state index is -0.219. The SMILES string of the molecule is CCCNc1nc2ccccn2c(=O)c1C=C1SC(=S)N(CCCc2ccccc2)C1=O. The van der Waals surface area contributed by atoms with E-state index < -0.39 is 0 Å². The summed E-state index contributed by atoms with van der Waals surface area (Å²) in [4.78, 5) is 32.9. The van der Waals surface area contributed by atoms with Crippen LogP contribution in [0.2, 0.25) is 0 Å². The zero-order valence-electron chi connectivity index (χ0n) is 17.8. The highest BCUT2D eigenvalue weighted by Crippen LogP contribution is 2.33. The van der Waals surface area contributed by atoms with E-state index in [1.54, 1.807) is 29.3 Å². The molecule has 0 bridgehead atoms. The third-order valence-corrected chi connectivity index (χ3v) is 6.53. The van der Waals surface area contributed by atoms with Crippen LogP contribution in [-0.4, -0.2) is 37.6 Å². The summed E-state index contributed by atoms with van der Waals surface area (Å²) in [6, 6.07) is 15.6. The first-order chi connectivity index (χ1) is 15.6. The number of benzene rings is 1. The van der Waals surface area contributed by atoms with E-state index in [0.29, 0.717) is 39.3 Å². The van der Waals surface area contributed by atoms with E-state index in [9.17, 15) is 9.59 Å². The number of hydrogen-bond acceptors (Lipinski definition) is 6. The lowest BCUT2D eigenvalue weighted by atomic mass is 10.1. The number of aryl methyl sites for hydroxylation is 1. The smallest absolute Gasteiger partial charge is 0.267 e. The summed E-state index contributed by atoms with van der Waals surface area (Å²) in [5.74, 6) is 0.324. The summed E-state index contributed by atoms with van der Waals surface area (Å²) >= 11 is 6.70. The van der Waals surface area contributed by atoms with E-state index in [1.807, 2.05) is 31.2 Å². The van der Waals surface area contributed by atoms with Crippen LogP contribution in [-0.2, 0) is 11.2 Å². The van der Waals surface area contributed by atoms with Crippen LogP contribution in [0.3, 0.4) is 0 Å². The monoisotopic (exact) mass is 464 g/mol. The molecule has 0 radical (unpaired) electrons. The zero-order valence-corrected chi connectivity index (χ0v) is 19.4. The molecular weight excluding hydrogens is 440 g/mol. The van der Waals surface area contributed by atoms with Crippen LogP contribution in [0.1, 0.15) is 30.9 Å². The third-order valence-electron chi connectivity index (χ3n) is 5.15. The lowest BCUT2D eigenvalue weighted by molar-refractivity contribution is -0.122. The molecular formula is C24H24N4O2S2. The second-order valence-corrected chi connectivity index (χ2v) is 9.13. The summed E-state index contributed by atoms with van der Waals surface area (Å²) in [5, 5.41) is 3.22. The van der Waals surface area contributed by atoms with E-state index >= 15 is 0 Å². The Kier molecular flexibility index (Phi) is 7.02. The van der Waals surface area contributed by atoms with Gasteiger partial charge in [0.05, 0.1) is 10.5 Å². The highest BCUT2D eigenvalue weighted by molar-refractivity contribution is 8.26. The summed E-state index contributed by atoms with van der Waals surface area (Å²) in [6.07, 6.45) is 5.88. The van der Waals surface area contributed by atoms with Gasteiger partial charge >= 0.3 is 0 Å². The molecule has 32 heavy (non-hydrogen) atoms. The Hall–Kier alpha value is -2.97. The molecule has 4 rings (SSSR count). The van der Waals surface area contributed by atoms with Crippen molar-refractivity contribution in [3.05, 3.63) is 81.1 Å². The molecule has 0 unspecified atom stereocenters. The zero-order chi connectivity index (χ0) is 22.5. The number of thioether (sulfide) groups is 1. The molecule has 2 aromatic heterocycles. The molecule has 1 fully saturated rings. The Labute approximate surface area is 196 Å². The van der Waals surface area contributed by atoms with Crippen molar-refractivity contribution in [2.45, 2.75) is 26.2 Å². The molecule has 3 heterocycles. The van der Waals surface area contributed by atoms with Crippen LogP contribution < -0.4 is 10.9 Å². The van der Waals surface area contributed by atoms with E-state index in [0.717, 1.165) is 19.3 Å². The predicted octanol–water partition coefficient (Wildman–Crippen LogP) is 4.35. The van der Waals surface area contributed by atoms with Gasteiger partial charge in [-0.2, -0.15) is 0 Å². The number of aromatic nitrogens is 2. The van der Waals surface area contributed by atoms with Crippen molar-refractivity contribution in [3.8, 4) is 0 Å². The molecule has 1 amide bonds. The Morgan fingerprint density at radius 1 is 1.12 bits per heavy atom. The van der Waals surface area contributed by atoms with Gasteiger partial charge in [-0.05, 0) is 43.0 Å². The van der Waals surface area contributed by atoms with Gasteiger partial charge in [-0.1, -0.05) is 67.3 Å². The molecule has 1 N–H and O–H groups in total. The fourth-order valence-corrected chi connectivity index (χ4v) is 4.81. The summed E-state index contributed by atoms with van der Waals surface area (Å²) < 4.78 is 2.01. The average Bonchev–Trinajstić information content (AvgIpc) is 3.08. The standard InChI is InChI=1S/C24H24N4O2S2/c1-2-13-25-21-18(22(29)27-14-7-6-12-20(27)26-21)16-19-23(30)28(24(31)32-19)15-8-11-17-9-4-3-5-10-17/h3-7,9-10,12,14,16,25H,2,8,11,13,15H2,1H3. The number of nitrogens with one attached hydrogen (secondary N) is 1. The van der Waals surface area contributed by atoms with Crippen molar-refractivity contribution < 1.29 is 4.79 Å². The Morgan fingerprint density at radius 3 is 2.69 bits per heavy atom. The summed E-state index contributed by atoms with van der Waals surface area (Å²) in [6.45, 7) is 3.27. The summed E-state index contributed by atoms with van der Waals surface area (Å²) in [7, 11) is 0. The maximum Gasteiger partial charge on any atom is 0.267 e. The number of hydrogen-bond donors (Lipinski definition) is 1. The fraction of sp³-hybridized carbons (Fsp3) is 0.250. The first-order valence-electron chi connectivity index (χ1n) is 10.6. The lowest BCUT2D eigenvalue weighted by Crippen LogP contribution is -2.29. The van der Waals surface area contributed by atoms with Gasteiger partial charge in [-0.15, -0.1) is 0 Å². The van der Waals surface area contributed by atoms with Gasteiger partial charge in [0.15, 0.2) is 0 Å². The molecule has 164 valence electrons. The number of amides is 1. The number of carbonyl (C=O) groups is 1.